The smallest absolute Gasteiger partial charge is 0.280 e. The van der Waals surface area contributed by atoms with Crippen molar-refractivity contribution >= 4 is 50.6 Å². The number of carbonyl (C=O) groups is 1. The van der Waals surface area contributed by atoms with Gasteiger partial charge < -0.3 is 4.74 Å². The van der Waals surface area contributed by atoms with E-state index in [2.05, 4.69) is 36.2 Å². The van der Waals surface area contributed by atoms with Gasteiger partial charge in [0.1, 0.15) is 6.73 Å². The number of hydrogen-bond donors (Lipinski definition) is 2. The van der Waals surface area contributed by atoms with Crippen LogP contribution in [0.3, 0.4) is 0 Å². The molecule has 10 heteroatoms. The second kappa shape index (κ2) is 6.33. The molecule has 0 spiro atoms. The maximum Gasteiger partial charge on any atom is 0.280 e. The van der Waals surface area contributed by atoms with Gasteiger partial charge >= 0.3 is 0 Å². The zero-order valence-electron chi connectivity index (χ0n) is 10.4. The van der Waals surface area contributed by atoms with Crippen molar-refractivity contribution in [3.8, 4) is 0 Å². The number of ether oxygens (including phenoxy) is 1. The topological polar surface area (TPSA) is 102 Å². The Morgan fingerprint density at radius 2 is 2.30 bits per heavy atom. The monoisotopic (exact) mass is 363 g/mol. The van der Waals surface area contributed by atoms with E-state index in [0.717, 1.165) is 0 Å². The van der Waals surface area contributed by atoms with Gasteiger partial charge in [-0.3, -0.25) is 24.5 Å². The van der Waals surface area contributed by atoms with E-state index in [-0.39, 0.29) is 24.1 Å². The normalized spacial score (nSPS) is 10.9. The molecule has 2 aromatic rings. The molecular formula is C10H11BrClN5O3. The SMILES string of the molecule is CC(=O)Nc1nc2c(nc(Br)n2COCCCl)c(=O)[nH]1. The predicted octanol–water partition coefficient (Wildman–Crippen LogP) is 1.05. The summed E-state index contributed by atoms with van der Waals surface area (Å²) in [6, 6.07) is 0. The van der Waals surface area contributed by atoms with Crippen LogP contribution in [-0.4, -0.2) is 37.9 Å². The number of aromatic amines is 1. The number of carbonyl (C=O) groups excluding carboxylic acids is 1. The maximum absolute atomic E-state index is 11.9. The number of nitrogens with zero attached hydrogens (tertiary/aromatic N) is 3. The van der Waals surface area contributed by atoms with Crippen LogP contribution >= 0.6 is 27.5 Å². The van der Waals surface area contributed by atoms with Gasteiger partial charge in [0.25, 0.3) is 5.56 Å². The number of hydrogen-bond acceptors (Lipinski definition) is 5. The summed E-state index contributed by atoms with van der Waals surface area (Å²) < 4.78 is 7.26. The minimum absolute atomic E-state index is 0.0565. The van der Waals surface area contributed by atoms with Crippen LogP contribution in [-0.2, 0) is 16.3 Å². The van der Waals surface area contributed by atoms with Gasteiger partial charge in [0.2, 0.25) is 11.9 Å². The first-order valence-corrected chi connectivity index (χ1v) is 6.93. The average Bonchev–Trinajstić information content (AvgIpc) is 2.67. The van der Waals surface area contributed by atoms with Gasteiger partial charge in [-0.25, -0.2) is 4.98 Å². The number of amides is 1. The first-order valence-electron chi connectivity index (χ1n) is 5.60. The first-order chi connectivity index (χ1) is 9.52. The summed E-state index contributed by atoms with van der Waals surface area (Å²) in [6.07, 6.45) is 0. The largest absolute Gasteiger partial charge is 0.359 e. The quantitative estimate of drug-likeness (QED) is 0.469. The Bertz CT molecular complexity index is 698. The van der Waals surface area contributed by atoms with Crippen molar-refractivity contribution in [2.24, 2.45) is 0 Å². The highest BCUT2D eigenvalue weighted by molar-refractivity contribution is 9.10. The van der Waals surface area contributed by atoms with E-state index in [9.17, 15) is 9.59 Å². The van der Waals surface area contributed by atoms with Crippen LogP contribution in [0.1, 0.15) is 6.92 Å². The molecule has 108 valence electrons. The highest BCUT2D eigenvalue weighted by atomic mass is 79.9. The second-order valence-electron chi connectivity index (χ2n) is 3.80. The van der Waals surface area contributed by atoms with Gasteiger partial charge in [-0.15, -0.1) is 11.6 Å². The van der Waals surface area contributed by atoms with Crippen LogP contribution in [0.15, 0.2) is 9.53 Å². The Balaban J connectivity index is 2.45. The molecule has 0 aromatic carbocycles. The first kappa shape index (κ1) is 14.9. The molecule has 0 radical (unpaired) electrons. The maximum atomic E-state index is 11.9. The highest BCUT2D eigenvalue weighted by Gasteiger charge is 2.15. The number of H-pyrrole nitrogens is 1. The molecule has 0 atom stereocenters. The van der Waals surface area contributed by atoms with Crippen LogP contribution in [0.25, 0.3) is 11.2 Å². The van der Waals surface area contributed by atoms with Crippen LogP contribution in [0, 0.1) is 0 Å². The van der Waals surface area contributed by atoms with E-state index < -0.39 is 5.56 Å². The summed E-state index contributed by atoms with van der Waals surface area (Å²) >= 11 is 8.76. The summed E-state index contributed by atoms with van der Waals surface area (Å²) in [7, 11) is 0. The summed E-state index contributed by atoms with van der Waals surface area (Å²) in [5.74, 6) is 0.0760. The fourth-order valence-corrected chi connectivity index (χ4v) is 2.09. The highest BCUT2D eigenvalue weighted by Crippen LogP contribution is 2.16. The summed E-state index contributed by atoms with van der Waals surface area (Å²) in [5, 5.41) is 2.42. The zero-order chi connectivity index (χ0) is 14.7. The molecule has 2 heterocycles. The average molecular weight is 365 g/mol. The molecule has 0 aliphatic heterocycles. The lowest BCUT2D eigenvalue weighted by atomic mass is 10.5. The van der Waals surface area contributed by atoms with Gasteiger partial charge in [-0.1, -0.05) is 0 Å². The molecule has 0 bridgehead atoms. The van der Waals surface area contributed by atoms with Crippen molar-refractivity contribution in [3.05, 3.63) is 15.1 Å². The van der Waals surface area contributed by atoms with Gasteiger partial charge in [-0.2, -0.15) is 4.98 Å². The van der Waals surface area contributed by atoms with Crippen molar-refractivity contribution in [1.29, 1.82) is 0 Å². The Kier molecular flexibility index (Phi) is 4.73. The molecule has 0 unspecified atom stereocenters. The van der Waals surface area contributed by atoms with Crippen molar-refractivity contribution in [3.63, 3.8) is 0 Å². The summed E-state index contributed by atoms with van der Waals surface area (Å²) in [6.45, 7) is 1.82. The Labute approximate surface area is 126 Å². The number of fused-ring (bicyclic) bond motifs is 1. The van der Waals surface area contributed by atoms with Gasteiger partial charge in [0, 0.05) is 12.8 Å². The number of nitrogens with one attached hydrogen (secondary N) is 2. The van der Waals surface area contributed by atoms with Crippen LogP contribution in [0.5, 0.6) is 0 Å². The van der Waals surface area contributed by atoms with E-state index in [4.69, 9.17) is 16.3 Å². The third-order valence-corrected chi connectivity index (χ3v) is 3.05. The third-order valence-electron chi connectivity index (χ3n) is 2.30. The number of aromatic nitrogens is 4. The van der Waals surface area contributed by atoms with Crippen LogP contribution < -0.4 is 10.9 Å². The molecule has 1 amide bonds. The standard InChI is InChI=1S/C10H11BrClN5O3/c1-5(18)13-10-15-7-6(8(19)16-10)14-9(11)17(7)4-20-3-2-12/h2-4H2,1H3,(H2,13,15,16,18,19). The lowest BCUT2D eigenvalue weighted by Crippen LogP contribution is -2.17. The number of halogens is 2. The number of rotatable bonds is 5. The van der Waals surface area contributed by atoms with Crippen molar-refractivity contribution < 1.29 is 9.53 Å². The van der Waals surface area contributed by atoms with E-state index in [0.29, 0.717) is 22.9 Å². The fraction of sp³-hybridized carbons (Fsp3) is 0.400. The van der Waals surface area contributed by atoms with E-state index in [1.54, 1.807) is 4.57 Å². The number of alkyl halides is 1. The molecule has 0 saturated carbocycles. The molecule has 0 saturated heterocycles. The minimum atomic E-state index is -0.449. The lowest BCUT2D eigenvalue weighted by molar-refractivity contribution is -0.114. The molecule has 2 aromatic heterocycles. The fourth-order valence-electron chi connectivity index (χ4n) is 1.53. The lowest BCUT2D eigenvalue weighted by Gasteiger charge is -2.06. The van der Waals surface area contributed by atoms with Crippen LogP contribution in [0.4, 0.5) is 5.95 Å². The molecule has 0 fully saturated rings. The molecular weight excluding hydrogens is 353 g/mol. The van der Waals surface area contributed by atoms with E-state index in [1.165, 1.54) is 6.92 Å². The van der Waals surface area contributed by atoms with Gasteiger partial charge in [-0.05, 0) is 15.9 Å². The zero-order valence-corrected chi connectivity index (χ0v) is 12.8. The summed E-state index contributed by atoms with van der Waals surface area (Å²) in [4.78, 5) is 33.5. The Morgan fingerprint density at radius 3 is 2.95 bits per heavy atom. The second-order valence-corrected chi connectivity index (χ2v) is 4.89. The molecule has 20 heavy (non-hydrogen) atoms. The van der Waals surface area contributed by atoms with Gasteiger partial charge in [0.15, 0.2) is 15.9 Å². The molecule has 2 rings (SSSR count). The number of imidazole rings is 1. The van der Waals surface area contributed by atoms with E-state index in [1.807, 2.05) is 0 Å². The molecule has 0 aliphatic rings. The Hall–Kier alpha value is -1.45. The molecule has 8 nitrogen and oxygen atoms in total. The minimum Gasteiger partial charge on any atom is -0.359 e. The van der Waals surface area contributed by atoms with Crippen molar-refractivity contribution in [2.45, 2.75) is 13.7 Å². The number of anilines is 1. The van der Waals surface area contributed by atoms with Gasteiger partial charge in [0.05, 0.1) is 6.61 Å². The Morgan fingerprint density at radius 1 is 1.55 bits per heavy atom. The molecule has 0 aliphatic carbocycles. The van der Waals surface area contributed by atoms with E-state index >= 15 is 0 Å². The predicted molar refractivity (Wildman–Crippen MR) is 76.8 cm³/mol. The third kappa shape index (κ3) is 3.17. The molecule has 2 N–H and O–H groups in total. The van der Waals surface area contributed by atoms with Crippen LogP contribution in [0.2, 0.25) is 0 Å². The summed E-state index contributed by atoms with van der Waals surface area (Å²) in [5.41, 5.74) is 0.00920. The van der Waals surface area contributed by atoms with Crippen molar-refractivity contribution in [1.82, 2.24) is 19.5 Å². The van der Waals surface area contributed by atoms with Crippen molar-refractivity contribution in [2.75, 3.05) is 17.8 Å².